The molecule has 122 valence electrons. The van der Waals surface area contributed by atoms with Gasteiger partial charge in [-0.05, 0) is 49.4 Å². The fourth-order valence-electron chi connectivity index (χ4n) is 3.23. The number of nitrogens with one attached hydrogen (secondary N) is 1. The van der Waals surface area contributed by atoms with Crippen LogP contribution in [0.15, 0.2) is 46.4 Å². The average Bonchev–Trinajstić information content (AvgIpc) is 3.26. The molecule has 3 aromatic rings. The predicted octanol–water partition coefficient (Wildman–Crippen LogP) is 4.52. The lowest BCUT2D eigenvalue weighted by atomic mass is 9.93. The summed E-state index contributed by atoms with van der Waals surface area (Å²) in [4.78, 5) is 18.4. The summed E-state index contributed by atoms with van der Waals surface area (Å²) in [5.41, 5.74) is 3.40. The van der Waals surface area contributed by atoms with Gasteiger partial charge in [0.2, 0.25) is 0 Å². The number of hydrogen-bond acceptors (Lipinski definition) is 4. The Labute approximate surface area is 144 Å². The van der Waals surface area contributed by atoms with Crippen molar-refractivity contribution in [1.29, 1.82) is 0 Å². The van der Waals surface area contributed by atoms with Crippen LogP contribution in [0, 0.1) is 6.92 Å². The SMILES string of the molecule is Cc1nc(-c2cccs2)ccc1C(=O)NC1CCCc2occc21. The summed E-state index contributed by atoms with van der Waals surface area (Å²) < 4.78 is 5.49. The van der Waals surface area contributed by atoms with Crippen LogP contribution >= 0.6 is 11.3 Å². The van der Waals surface area contributed by atoms with Gasteiger partial charge >= 0.3 is 0 Å². The molecule has 0 aromatic carbocycles. The van der Waals surface area contributed by atoms with Gasteiger partial charge in [0.05, 0.1) is 34.1 Å². The first-order valence-corrected chi connectivity index (χ1v) is 8.99. The van der Waals surface area contributed by atoms with Gasteiger partial charge in [-0.3, -0.25) is 9.78 Å². The van der Waals surface area contributed by atoms with Gasteiger partial charge < -0.3 is 9.73 Å². The number of carbonyl (C=O) groups is 1. The number of aryl methyl sites for hydroxylation is 2. The number of carbonyl (C=O) groups excluding carboxylic acids is 1. The molecule has 1 N–H and O–H groups in total. The van der Waals surface area contributed by atoms with Crippen molar-refractivity contribution in [1.82, 2.24) is 10.3 Å². The van der Waals surface area contributed by atoms with Crippen LogP contribution in [0.2, 0.25) is 0 Å². The van der Waals surface area contributed by atoms with Crippen molar-refractivity contribution in [3.63, 3.8) is 0 Å². The number of rotatable bonds is 3. The van der Waals surface area contributed by atoms with E-state index in [-0.39, 0.29) is 11.9 Å². The Hall–Kier alpha value is -2.40. The van der Waals surface area contributed by atoms with Crippen LogP contribution in [0.5, 0.6) is 0 Å². The lowest BCUT2D eigenvalue weighted by Gasteiger charge is -2.23. The van der Waals surface area contributed by atoms with Crippen LogP contribution in [0.4, 0.5) is 0 Å². The van der Waals surface area contributed by atoms with Gasteiger partial charge in [-0.15, -0.1) is 11.3 Å². The lowest BCUT2D eigenvalue weighted by Crippen LogP contribution is -2.31. The Kier molecular flexibility index (Phi) is 3.94. The quantitative estimate of drug-likeness (QED) is 0.764. The largest absolute Gasteiger partial charge is 0.469 e. The average molecular weight is 338 g/mol. The second-order valence-electron chi connectivity index (χ2n) is 6.02. The van der Waals surface area contributed by atoms with Crippen molar-refractivity contribution in [2.45, 2.75) is 32.2 Å². The van der Waals surface area contributed by atoms with Crippen LogP contribution in [0.1, 0.15) is 46.3 Å². The van der Waals surface area contributed by atoms with Crippen molar-refractivity contribution in [3.8, 4) is 10.6 Å². The molecule has 4 nitrogen and oxygen atoms in total. The number of pyridine rings is 1. The molecular formula is C19H18N2O2S. The normalized spacial score (nSPS) is 16.6. The highest BCUT2D eigenvalue weighted by atomic mass is 32.1. The van der Waals surface area contributed by atoms with Crippen molar-refractivity contribution in [2.75, 3.05) is 0 Å². The maximum atomic E-state index is 12.7. The van der Waals surface area contributed by atoms with Gasteiger partial charge in [-0.1, -0.05) is 6.07 Å². The summed E-state index contributed by atoms with van der Waals surface area (Å²) in [7, 11) is 0. The van der Waals surface area contributed by atoms with Crippen LogP contribution in [0.3, 0.4) is 0 Å². The molecule has 0 bridgehead atoms. The number of aromatic nitrogens is 1. The monoisotopic (exact) mass is 338 g/mol. The molecule has 0 saturated carbocycles. The van der Waals surface area contributed by atoms with Gasteiger partial charge in [0, 0.05) is 12.0 Å². The minimum Gasteiger partial charge on any atom is -0.469 e. The number of nitrogens with zero attached hydrogens (tertiary/aromatic N) is 1. The summed E-state index contributed by atoms with van der Waals surface area (Å²) in [6.07, 6.45) is 4.63. The van der Waals surface area contributed by atoms with Gasteiger partial charge in [0.1, 0.15) is 5.76 Å². The molecule has 0 spiro atoms. The predicted molar refractivity (Wildman–Crippen MR) is 94.1 cm³/mol. The molecule has 0 saturated heterocycles. The molecule has 3 aromatic heterocycles. The van der Waals surface area contributed by atoms with Gasteiger partial charge in [0.15, 0.2) is 0 Å². The first kappa shape index (κ1) is 15.1. The molecule has 1 amide bonds. The number of fused-ring (bicyclic) bond motifs is 1. The van der Waals surface area contributed by atoms with Gasteiger partial charge in [-0.25, -0.2) is 0 Å². The number of amides is 1. The second kappa shape index (κ2) is 6.24. The molecular weight excluding hydrogens is 320 g/mol. The zero-order valence-corrected chi connectivity index (χ0v) is 14.2. The molecule has 0 fully saturated rings. The van der Waals surface area contributed by atoms with Crippen molar-refractivity contribution >= 4 is 17.2 Å². The third-order valence-corrected chi connectivity index (χ3v) is 5.35. The maximum absolute atomic E-state index is 12.7. The van der Waals surface area contributed by atoms with Crippen molar-refractivity contribution in [3.05, 3.63) is 64.6 Å². The van der Waals surface area contributed by atoms with E-state index in [9.17, 15) is 4.79 Å². The Balaban J connectivity index is 1.55. The summed E-state index contributed by atoms with van der Waals surface area (Å²) in [6, 6.07) is 9.81. The van der Waals surface area contributed by atoms with Crippen LogP contribution < -0.4 is 5.32 Å². The minimum absolute atomic E-state index is 0.0244. The maximum Gasteiger partial charge on any atom is 0.253 e. The van der Waals surface area contributed by atoms with E-state index < -0.39 is 0 Å². The highest BCUT2D eigenvalue weighted by molar-refractivity contribution is 7.13. The lowest BCUT2D eigenvalue weighted by molar-refractivity contribution is 0.0931. The molecule has 0 radical (unpaired) electrons. The van der Waals surface area contributed by atoms with E-state index in [0.717, 1.165) is 46.9 Å². The molecule has 24 heavy (non-hydrogen) atoms. The summed E-state index contributed by atoms with van der Waals surface area (Å²) >= 11 is 1.65. The number of hydrogen-bond donors (Lipinski definition) is 1. The molecule has 4 rings (SSSR count). The smallest absolute Gasteiger partial charge is 0.253 e. The van der Waals surface area contributed by atoms with E-state index in [4.69, 9.17) is 4.42 Å². The molecule has 5 heteroatoms. The zero-order chi connectivity index (χ0) is 16.5. The molecule has 1 aliphatic rings. The Morgan fingerprint density at radius 2 is 2.25 bits per heavy atom. The van der Waals surface area contributed by atoms with E-state index in [1.54, 1.807) is 17.6 Å². The Morgan fingerprint density at radius 3 is 3.04 bits per heavy atom. The van der Waals surface area contributed by atoms with E-state index in [1.807, 2.05) is 42.6 Å². The number of thiophene rings is 1. The topological polar surface area (TPSA) is 55.1 Å². The fraction of sp³-hybridized carbons (Fsp3) is 0.263. The molecule has 1 unspecified atom stereocenters. The highest BCUT2D eigenvalue weighted by Crippen LogP contribution is 2.31. The standard InChI is InChI=1S/C19H18N2O2S/c1-12-13(7-8-16(20-12)18-6-3-11-24-18)19(22)21-15-4-2-5-17-14(15)9-10-23-17/h3,6-11,15H,2,4-5H2,1H3,(H,21,22). The second-order valence-corrected chi connectivity index (χ2v) is 6.97. The van der Waals surface area contributed by atoms with E-state index in [2.05, 4.69) is 10.3 Å². The number of furan rings is 1. The van der Waals surface area contributed by atoms with Crippen LogP contribution in [0.25, 0.3) is 10.6 Å². The van der Waals surface area contributed by atoms with Crippen molar-refractivity contribution < 1.29 is 9.21 Å². The third kappa shape index (κ3) is 2.76. The Morgan fingerprint density at radius 1 is 1.33 bits per heavy atom. The molecule has 1 atom stereocenters. The highest BCUT2D eigenvalue weighted by Gasteiger charge is 2.25. The van der Waals surface area contributed by atoms with E-state index >= 15 is 0 Å². The zero-order valence-electron chi connectivity index (χ0n) is 13.4. The summed E-state index contributed by atoms with van der Waals surface area (Å²) in [5, 5.41) is 5.16. The van der Waals surface area contributed by atoms with E-state index in [0.29, 0.717) is 5.56 Å². The minimum atomic E-state index is -0.0724. The van der Waals surface area contributed by atoms with Crippen LogP contribution in [-0.2, 0) is 6.42 Å². The molecule has 0 aliphatic heterocycles. The third-order valence-electron chi connectivity index (χ3n) is 4.46. The first-order chi connectivity index (χ1) is 11.7. The van der Waals surface area contributed by atoms with Crippen molar-refractivity contribution in [2.24, 2.45) is 0 Å². The van der Waals surface area contributed by atoms with Gasteiger partial charge in [-0.2, -0.15) is 0 Å². The molecule has 3 heterocycles. The molecule has 1 aliphatic carbocycles. The van der Waals surface area contributed by atoms with E-state index in [1.165, 1.54) is 0 Å². The van der Waals surface area contributed by atoms with Crippen LogP contribution in [-0.4, -0.2) is 10.9 Å². The Bertz CT molecular complexity index is 867. The first-order valence-electron chi connectivity index (χ1n) is 8.11. The van der Waals surface area contributed by atoms with Gasteiger partial charge in [0.25, 0.3) is 5.91 Å². The fourth-order valence-corrected chi connectivity index (χ4v) is 3.93. The summed E-state index contributed by atoms with van der Waals surface area (Å²) in [5.74, 6) is 0.922. The summed E-state index contributed by atoms with van der Waals surface area (Å²) in [6.45, 7) is 1.89.